The van der Waals surface area contributed by atoms with Crippen LogP contribution in [0.3, 0.4) is 0 Å². The van der Waals surface area contributed by atoms with Gasteiger partial charge >= 0.3 is 0 Å². The number of carbonyl (C=O) groups excluding carboxylic acids is 2. The maximum atomic E-state index is 11.8. The van der Waals surface area contributed by atoms with Crippen LogP contribution in [-0.4, -0.2) is 43.2 Å². The predicted octanol–water partition coefficient (Wildman–Crippen LogP) is 0.604. The summed E-state index contributed by atoms with van der Waals surface area (Å²) < 4.78 is 5.34. The van der Waals surface area contributed by atoms with Crippen LogP contribution >= 0.6 is 0 Å². The van der Waals surface area contributed by atoms with Crippen molar-refractivity contribution in [2.75, 3.05) is 26.2 Å². The number of aliphatic hydroxyl groups is 1. The second kappa shape index (κ2) is 10.2. The van der Waals surface area contributed by atoms with Crippen molar-refractivity contribution in [2.45, 2.75) is 6.10 Å². The lowest BCUT2D eigenvalue weighted by molar-refractivity contribution is -0.123. The van der Waals surface area contributed by atoms with Gasteiger partial charge in [0.1, 0.15) is 5.75 Å². The van der Waals surface area contributed by atoms with Crippen LogP contribution in [0.5, 0.6) is 5.75 Å². The standard InChI is InChI=1S/C19H23N3O4/c20-19(25)15-8-4-5-9-17(15)26-13-18(24)22-11-10-21-12-16(23)14-6-2-1-3-7-14/h1-9,16,21,23H,10-13H2,(H2,20,25)(H,22,24)/t16-/m1/s1. The molecule has 0 aliphatic heterocycles. The van der Waals surface area contributed by atoms with Gasteiger partial charge in [0.05, 0.1) is 11.7 Å². The van der Waals surface area contributed by atoms with Crippen molar-refractivity contribution in [1.82, 2.24) is 10.6 Å². The van der Waals surface area contributed by atoms with Gasteiger partial charge in [-0.2, -0.15) is 0 Å². The summed E-state index contributed by atoms with van der Waals surface area (Å²) in [6, 6.07) is 15.8. The number of aliphatic hydroxyl groups excluding tert-OH is 1. The van der Waals surface area contributed by atoms with E-state index >= 15 is 0 Å². The first-order valence-electron chi connectivity index (χ1n) is 8.30. The van der Waals surface area contributed by atoms with E-state index in [0.717, 1.165) is 5.56 Å². The van der Waals surface area contributed by atoms with E-state index < -0.39 is 12.0 Å². The second-order valence-corrected chi connectivity index (χ2v) is 5.63. The minimum absolute atomic E-state index is 0.211. The average molecular weight is 357 g/mol. The molecule has 0 heterocycles. The third kappa shape index (κ3) is 6.19. The zero-order chi connectivity index (χ0) is 18.8. The van der Waals surface area contributed by atoms with E-state index in [4.69, 9.17) is 10.5 Å². The number of hydrogen-bond donors (Lipinski definition) is 4. The maximum Gasteiger partial charge on any atom is 0.257 e. The fourth-order valence-corrected chi connectivity index (χ4v) is 2.31. The van der Waals surface area contributed by atoms with Gasteiger partial charge in [-0.25, -0.2) is 0 Å². The van der Waals surface area contributed by atoms with Crippen LogP contribution in [-0.2, 0) is 4.79 Å². The van der Waals surface area contributed by atoms with Gasteiger partial charge < -0.3 is 26.2 Å². The molecule has 138 valence electrons. The molecular weight excluding hydrogens is 334 g/mol. The van der Waals surface area contributed by atoms with E-state index in [9.17, 15) is 14.7 Å². The number of ether oxygens (including phenoxy) is 1. The monoisotopic (exact) mass is 357 g/mol. The molecule has 0 saturated carbocycles. The Hall–Kier alpha value is -2.90. The topological polar surface area (TPSA) is 114 Å². The Morgan fingerprint density at radius 3 is 2.46 bits per heavy atom. The zero-order valence-electron chi connectivity index (χ0n) is 14.4. The van der Waals surface area contributed by atoms with E-state index in [1.54, 1.807) is 18.2 Å². The van der Waals surface area contributed by atoms with Gasteiger partial charge in [0.2, 0.25) is 0 Å². The molecule has 0 aliphatic rings. The van der Waals surface area contributed by atoms with Gasteiger partial charge in [-0.15, -0.1) is 0 Å². The summed E-state index contributed by atoms with van der Waals surface area (Å²) >= 11 is 0. The van der Waals surface area contributed by atoms with Gasteiger partial charge in [0.25, 0.3) is 11.8 Å². The lowest BCUT2D eigenvalue weighted by Gasteiger charge is -2.13. The highest BCUT2D eigenvalue weighted by Crippen LogP contribution is 2.16. The SMILES string of the molecule is NC(=O)c1ccccc1OCC(=O)NCCNC[C@@H](O)c1ccccc1. The minimum atomic E-state index is -0.609. The summed E-state index contributed by atoms with van der Waals surface area (Å²) in [6.45, 7) is 1.08. The molecule has 0 saturated heterocycles. The molecule has 0 aromatic heterocycles. The van der Waals surface area contributed by atoms with Crippen molar-refractivity contribution in [3.05, 3.63) is 65.7 Å². The van der Waals surface area contributed by atoms with Crippen LogP contribution in [0.4, 0.5) is 0 Å². The molecule has 26 heavy (non-hydrogen) atoms. The molecule has 0 radical (unpaired) electrons. The molecule has 1 atom stereocenters. The number of nitrogens with two attached hydrogens (primary N) is 1. The molecule has 2 amide bonds. The molecule has 0 unspecified atom stereocenters. The Labute approximate surface area is 152 Å². The van der Waals surface area contributed by atoms with Crippen LogP contribution < -0.4 is 21.1 Å². The summed E-state index contributed by atoms with van der Waals surface area (Å²) in [4.78, 5) is 23.1. The normalized spacial score (nSPS) is 11.6. The molecule has 5 N–H and O–H groups in total. The molecule has 0 aliphatic carbocycles. The maximum absolute atomic E-state index is 11.8. The molecule has 0 bridgehead atoms. The molecule has 2 aromatic rings. The third-order valence-corrected chi connectivity index (χ3v) is 3.66. The van der Waals surface area contributed by atoms with E-state index in [1.807, 2.05) is 30.3 Å². The quantitative estimate of drug-likeness (QED) is 0.465. The fraction of sp³-hybridized carbons (Fsp3) is 0.263. The predicted molar refractivity (Wildman–Crippen MR) is 97.7 cm³/mol. The Kier molecular flexibility index (Phi) is 7.60. The van der Waals surface area contributed by atoms with Gasteiger partial charge in [0.15, 0.2) is 6.61 Å². The highest BCUT2D eigenvalue weighted by molar-refractivity contribution is 5.95. The van der Waals surface area contributed by atoms with E-state index in [1.165, 1.54) is 6.07 Å². The molecule has 7 heteroatoms. The van der Waals surface area contributed by atoms with Crippen molar-refractivity contribution in [3.63, 3.8) is 0 Å². The van der Waals surface area contributed by atoms with Crippen molar-refractivity contribution in [2.24, 2.45) is 5.73 Å². The summed E-state index contributed by atoms with van der Waals surface area (Å²) in [5, 5.41) is 15.8. The first-order valence-corrected chi connectivity index (χ1v) is 8.30. The minimum Gasteiger partial charge on any atom is -0.483 e. The van der Waals surface area contributed by atoms with Crippen molar-refractivity contribution >= 4 is 11.8 Å². The largest absolute Gasteiger partial charge is 0.483 e. The smallest absolute Gasteiger partial charge is 0.257 e. The van der Waals surface area contributed by atoms with Crippen molar-refractivity contribution in [1.29, 1.82) is 0 Å². The summed E-state index contributed by atoms with van der Waals surface area (Å²) in [7, 11) is 0. The molecular formula is C19H23N3O4. The second-order valence-electron chi connectivity index (χ2n) is 5.63. The molecule has 7 nitrogen and oxygen atoms in total. The lowest BCUT2D eigenvalue weighted by atomic mass is 10.1. The van der Waals surface area contributed by atoms with Gasteiger partial charge in [-0.1, -0.05) is 42.5 Å². The summed E-state index contributed by atoms with van der Waals surface area (Å²) in [5.41, 5.74) is 6.32. The Balaban J connectivity index is 1.63. The van der Waals surface area contributed by atoms with Crippen LogP contribution in [0, 0.1) is 0 Å². The Morgan fingerprint density at radius 1 is 1.04 bits per heavy atom. The molecule has 0 spiro atoms. The third-order valence-electron chi connectivity index (χ3n) is 3.66. The van der Waals surface area contributed by atoms with E-state index in [2.05, 4.69) is 10.6 Å². The Bertz CT molecular complexity index is 722. The van der Waals surface area contributed by atoms with Crippen LogP contribution in [0.15, 0.2) is 54.6 Å². The molecule has 0 fully saturated rings. The van der Waals surface area contributed by atoms with Crippen LogP contribution in [0.1, 0.15) is 22.0 Å². The van der Waals surface area contributed by atoms with Crippen LogP contribution in [0.2, 0.25) is 0 Å². The van der Waals surface area contributed by atoms with Crippen molar-refractivity contribution in [3.8, 4) is 5.75 Å². The number of hydrogen-bond acceptors (Lipinski definition) is 5. The van der Waals surface area contributed by atoms with E-state index in [-0.39, 0.29) is 23.8 Å². The van der Waals surface area contributed by atoms with Gasteiger partial charge in [0, 0.05) is 19.6 Å². The molecule has 2 aromatic carbocycles. The van der Waals surface area contributed by atoms with Gasteiger partial charge in [-0.05, 0) is 17.7 Å². The number of primary amides is 1. The first-order chi connectivity index (χ1) is 12.6. The number of carbonyl (C=O) groups is 2. The zero-order valence-corrected chi connectivity index (χ0v) is 14.4. The first kappa shape index (κ1) is 19.4. The van der Waals surface area contributed by atoms with Crippen LogP contribution in [0.25, 0.3) is 0 Å². The van der Waals surface area contributed by atoms with Crippen molar-refractivity contribution < 1.29 is 19.4 Å². The lowest BCUT2D eigenvalue weighted by Crippen LogP contribution is -2.36. The van der Waals surface area contributed by atoms with E-state index in [0.29, 0.717) is 19.6 Å². The number of para-hydroxylation sites is 1. The molecule has 2 rings (SSSR count). The summed E-state index contributed by atoms with van der Waals surface area (Å²) in [6.07, 6.45) is -0.597. The Morgan fingerprint density at radius 2 is 1.73 bits per heavy atom. The highest BCUT2D eigenvalue weighted by atomic mass is 16.5. The number of rotatable bonds is 10. The fourth-order valence-electron chi connectivity index (χ4n) is 2.31. The number of amides is 2. The summed E-state index contributed by atoms with van der Waals surface area (Å²) in [5.74, 6) is -0.642. The number of nitrogens with one attached hydrogen (secondary N) is 2. The highest BCUT2D eigenvalue weighted by Gasteiger charge is 2.10. The van der Waals surface area contributed by atoms with Gasteiger partial charge in [-0.3, -0.25) is 9.59 Å². The number of benzene rings is 2. The average Bonchev–Trinajstić information content (AvgIpc) is 2.66.